The molecule has 0 bridgehead atoms. The predicted octanol–water partition coefficient (Wildman–Crippen LogP) is 8.02. The van der Waals surface area contributed by atoms with Gasteiger partial charge in [0.2, 0.25) is 0 Å². The third-order valence-electron chi connectivity index (χ3n) is 7.27. The first-order valence-electron chi connectivity index (χ1n) is 11.6. The molecule has 2 heteroatoms. The third kappa shape index (κ3) is 6.03. The Morgan fingerprint density at radius 1 is 0.778 bits per heavy atom. The summed E-state index contributed by atoms with van der Waals surface area (Å²) in [4.78, 5) is 0. The molecular formula is C25H38F2. The van der Waals surface area contributed by atoms with Crippen LogP contribution in [0.5, 0.6) is 0 Å². The van der Waals surface area contributed by atoms with Crippen molar-refractivity contribution in [2.75, 3.05) is 0 Å². The van der Waals surface area contributed by atoms with Crippen LogP contribution in [0.3, 0.4) is 0 Å². The standard InChI is InChI=1S/C25H38F2/c1-2-3-4-5-6-7-19-8-10-20(11-9-19)12-13-21-14-16-23-22(18-21)15-17-24(26)25(23)27/h15,17,19-21H,2-14,16,18H2,1H3. The van der Waals surface area contributed by atoms with Crippen molar-refractivity contribution in [1.82, 2.24) is 0 Å². The van der Waals surface area contributed by atoms with E-state index >= 15 is 0 Å². The van der Waals surface area contributed by atoms with Crippen molar-refractivity contribution in [2.24, 2.45) is 17.8 Å². The maximum Gasteiger partial charge on any atom is 0.162 e. The quantitative estimate of drug-likeness (QED) is 0.383. The highest BCUT2D eigenvalue weighted by molar-refractivity contribution is 5.32. The molecule has 2 aliphatic carbocycles. The van der Waals surface area contributed by atoms with Gasteiger partial charge in [0.25, 0.3) is 0 Å². The molecule has 27 heavy (non-hydrogen) atoms. The molecule has 152 valence electrons. The number of benzene rings is 1. The van der Waals surface area contributed by atoms with E-state index in [0.717, 1.165) is 30.2 Å². The average Bonchev–Trinajstić information content (AvgIpc) is 2.70. The fraction of sp³-hybridized carbons (Fsp3) is 0.760. The zero-order valence-electron chi connectivity index (χ0n) is 17.2. The summed E-state index contributed by atoms with van der Waals surface area (Å²) >= 11 is 0. The molecule has 1 atom stereocenters. The number of fused-ring (bicyclic) bond motifs is 1. The lowest BCUT2D eigenvalue weighted by Gasteiger charge is -2.31. The predicted molar refractivity (Wildman–Crippen MR) is 110 cm³/mol. The highest BCUT2D eigenvalue weighted by atomic mass is 19.2. The van der Waals surface area contributed by atoms with Crippen LogP contribution in [-0.4, -0.2) is 0 Å². The van der Waals surface area contributed by atoms with Gasteiger partial charge in [0.15, 0.2) is 11.6 Å². The molecule has 0 spiro atoms. The minimum absolute atomic E-state index is 0.598. The van der Waals surface area contributed by atoms with Crippen molar-refractivity contribution < 1.29 is 8.78 Å². The normalized spacial score (nSPS) is 25.4. The Kier molecular flexibility index (Phi) is 8.15. The van der Waals surface area contributed by atoms with Crippen LogP contribution in [0.1, 0.15) is 102 Å². The Labute approximate surface area is 165 Å². The topological polar surface area (TPSA) is 0 Å². The summed E-state index contributed by atoms with van der Waals surface area (Å²) in [6.45, 7) is 2.28. The summed E-state index contributed by atoms with van der Waals surface area (Å²) in [6.07, 6.45) is 19.5. The molecule has 1 unspecified atom stereocenters. The molecule has 0 saturated heterocycles. The van der Waals surface area contributed by atoms with Crippen LogP contribution >= 0.6 is 0 Å². The van der Waals surface area contributed by atoms with E-state index in [1.165, 1.54) is 83.1 Å². The van der Waals surface area contributed by atoms with Crippen LogP contribution in [0.2, 0.25) is 0 Å². The van der Waals surface area contributed by atoms with Crippen LogP contribution < -0.4 is 0 Å². The summed E-state index contributed by atoms with van der Waals surface area (Å²) in [7, 11) is 0. The van der Waals surface area contributed by atoms with Crippen molar-refractivity contribution in [3.8, 4) is 0 Å². The van der Waals surface area contributed by atoms with Gasteiger partial charge in [0, 0.05) is 0 Å². The Morgan fingerprint density at radius 3 is 2.19 bits per heavy atom. The minimum Gasteiger partial charge on any atom is -0.204 e. The first-order valence-corrected chi connectivity index (χ1v) is 11.6. The number of hydrogen-bond donors (Lipinski definition) is 0. The molecule has 0 N–H and O–H groups in total. The summed E-state index contributed by atoms with van der Waals surface area (Å²) in [5, 5.41) is 0. The number of halogens is 2. The molecule has 0 amide bonds. The van der Waals surface area contributed by atoms with Gasteiger partial charge < -0.3 is 0 Å². The second kappa shape index (κ2) is 10.6. The molecule has 2 aliphatic rings. The van der Waals surface area contributed by atoms with Crippen molar-refractivity contribution in [2.45, 2.75) is 103 Å². The van der Waals surface area contributed by atoms with Gasteiger partial charge in [-0.15, -0.1) is 0 Å². The fourth-order valence-electron chi connectivity index (χ4n) is 5.42. The van der Waals surface area contributed by atoms with E-state index < -0.39 is 11.6 Å². The number of hydrogen-bond acceptors (Lipinski definition) is 0. The lowest BCUT2D eigenvalue weighted by Crippen LogP contribution is -2.19. The Balaban J connectivity index is 1.33. The number of rotatable bonds is 9. The van der Waals surface area contributed by atoms with Gasteiger partial charge in [-0.1, -0.05) is 83.6 Å². The SMILES string of the molecule is CCCCCCCC1CCC(CCC2CCc3c(ccc(F)c3F)C2)CC1. The fourth-order valence-corrected chi connectivity index (χ4v) is 5.42. The van der Waals surface area contributed by atoms with E-state index in [4.69, 9.17) is 0 Å². The summed E-state index contributed by atoms with van der Waals surface area (Å²) in [5.41, 5.74) is 1.70. The van der Waals surface area contributed by atoms with Crippen molar-refractivity contribution in [3.63, 3.8) is 0 Å². The van der Waals surface area contributed by atoms with Gasteiger partial charge in [0.1, 0.15) is 0 Å². The lowest BCUT2D eigenvalue weighted by atomic mass is 9.75. The average molecular weight is 377 g/mol. The monoisotopic (exact) mass is 376 g/mol. The minimum atomic E-state index is -0.686. The van der Waals surface area contributed by atoms with E-state index in [0.29, 0.717) is 17.9 Å². The first kappa shape index (κ1) is 20.8. The van der Waals surface area contributed by atoms with Crippen LogP contribution in [0.15, 0.2) is 12.1 Å². The van der Waals surface area contributed by atoms with Gasteiger partial charge in [-0.2, -0.15) is 0 Å². The smallest absolute Gasteiger partial charge is 0.162 e. The van der Waals surface area contributed by atoms with Crippen molar-refractivity contribution >= 4 is 0 Å². The highest BCUT2D eigenvalue weighted by Crippen LogP contribution is 2.37. The van der Waals surface area contributed by atoms with Gasteiger partial charge in [-0.25, -0.2) is 8.78 Å². The lowest BCUT2D eigenvalue weighted by molar-refractivity contribution is 0.233. The second-order valence-electron chi connectivity index (χ2n) is 9.27. The van der Waals surface area contributed by atoms with Crippen LogP contribution in [0, 0.1) is 29.4 Å². The summed E-state index contributed by atoms with van der Waals surface area (Å²) < 4.78 is 27.3. The Hall–Kier alpha value is -0.920. The third-order valence-corrected chi connectivity index (χ3v) is 7.27. The molecule has 1 aromatic rings. The zero-order chi connectivity index (χ0) is 19.1. The van der Waals surface area contributed by atoms with Gasteiger partial charge in [-0.05, 0) is 60.6 Å². The molecule has 0 aliphatic heterocycles. The van der Waals surface area contributed by atoms with Crippen LogP contribution in [0.25, 0.3) is 0 Å². The van der Waals surface area contributed by atoms with Gasteiger partial charge in [0.05, 0.1) is 0 Å². The molecule has 3 rings (SSSR count). The Morgan fingerprint density at radius 2 is 1.44 bits per heavy atom. The molecule has 0 heterocycles. The van der Waals surface area contributed by atoms with E-state index in [1.807, 2.05) is 6.07 Å². The molecular weight excluding hydrogens is 338 g/mol. The highest BCUT2D eigenvalue weighted by Gasteiger charge is 2.25. The van der Waals surface area contributed by atoms with Crippen molar-refractivity contribution in [1.29, 1.82) is 0 Å². The summed E-state index contributed by atoms with van der Waals surface area (Å²) in [6, 6.07) is 3.12. The number of unbranched alkanes of at least 4 members (excludes halogenated alkanes) is 4. The van der Waals surface area contributed by atoms with E-state index in [9.17, 15) is 8.78 Å². The molecule has 0 nitrogen and oxygen atoms in total. The maximum atomic E-state index is 13.9. The first-order chi connectivity index (χ1) is 13.2. The molecule has 0 aromatic heterocycles. The molecule has 1 saturated carbocycles. The van der Waals surface area contributed by atoms with Crippen LogP contribution in [0.4, 0.5) is 8.78 Å². The zero-order valence-corrected chi connectivity index (χ0v) is 17.2. The van der Waals surface area contributed by atoms with E-state index in [2.05, 4.69) is 6.92 Å². The van der Waals surface area contributed by atoms with E-state index in [1.54, 1.807) is 0 Å². The maximum absolute atomic E-state index is 13.9. The summed E-state index contributed by atoms with van der Waals surface area (Å²) in [5.74, 6) is 1.28. The van der Waals surface area contributed by atoms with Gasteiger partial charge >= 0.3 is 0 Å². The molecule has 1 fully saturated rings. The molecule has 1 aromatic carbocycles. The van der Waals surface area contributed by atoms with Crippen LogP contribution in [-0.2, 0) is 12.8 Å². The second-order valence-corrected chi connectivity index (χ2v) is 9.27. The van der Waals surface area contributed by atoms with Gasteiger partial charge in [-0.3, -0.25) is 0 Å². The molecule has 0 radical (unpaired) electrons. The Bertz CT molecular complexity index is 572. The van der Waals surface area contributed by atoms with E-state index in [-0.39, 0.29) is 0 Å². The van der Waals surface area contributed by atoms with Crippen molar-refractivity contribution in [3.05, 3.63) is 34.9 Å². The largest absolute Gasteiger partial charge is 0.204 e.